The Balaban J connectivity index is 3.78. The van der Waals surface area contributed by atoms with E-state index >= 15 is 0 Å². The second-order valence-corrected chi connectivity index (χ2v) is 13.8. The second kappa shape index (κ2) is 30.3. The Labute approximate surface area is 244 Å². The zero-order valence-corrected chi connectivity index (χ0v) is 27.4. The molecule has 0 N–H and O–H groups in total. The molecular formula is C33H66O5Si. The number of unbranched alkanes of at least 4 members (excludes halogenated alkanes) is 18. The van der Waals surface area contributed by atoms with Crippen molar-refractivity contribution in [3.63, 3.8) is 0 Å². The van der Waals surface area contributed by atoms with Gasteiger partial charge in [0.2, 0.25) is 0 Å². The van der Waals surface area contributed by atoms with Gasteiger partial charge in [0.1, 0.15) is 0 Å². The Morgan fingerprint density at radius 2 is 0.846 bits per heavy atom. The molecule has 0 aromatic rings. The molecule has 0 bridgehead atoms. The number of hydrogen-bond donors (Lipinski definition) is 0. The third-order valence-electron chi connectivity index (χ3n) is 7.25. The van der Waals surface area contributed by atoms with Gasteiger partial charge in [-0.25, -0.2) is 4.79 Å². The van der Waals surface area contributed by atoms with Gasteiger partial charge in [0.25, 0.3) is 0 Å². The summed E-state index contributed by atoms with van der Waals surface area (Å²) in [7, 11) is -2.54. The van der Waals surface area contributed by atoms with E-state index in [0.29, 0.717) is 6.61 Å². The van der Waals surface area contributed by atoms with Crippen LogP contribution >= 0.6 is 0 Å². The van der Waals surface area contributed by atoms with Gasteiger partial charge in [0, 0.05) is 31.9 Å². The van der Waals surface area contributed by atoms with Gasteiger partial charge in [-0.2, -0.15) is 0 Å². The minimum absolute atomic E-state index is 0.307. The van der Waals surface area contributed by atoms with E-state index in [-0.39, 0.29) is 5.97 Å². The van der Waals surface area contributed by atoms with Crippen molar-refractivity contribution in [1.82, 2.24) is 0 Å². The van der Waals surface area contributed by atoms with Crippen molar-refractivity contribution in [3.05, 3.63) is 12.7 Å². The summed E-state index contributed by atoms with van der Waals surface area (Å²) in [4.78, 5) is 11.0. The maximum Gasteiger partial charge on any atom is 0.500 e. The van der Waals surface area contributed by atoms with Crippen molar-refractivity contribution in [1.29, 1.82) is 0 Å². The molecule has 0 aromatic carbocycles. The zero-order valence-electron chi connectivity index (χ0n) is 26.4. The highest BCUT2D eigenvalue weighted by molar-refractivity contribution is 6.60. The maximum absolute atomic E-state index is 11.0. The number of rotatable bonds is 32. The molecule has 0 unspecified atom stereocenters. The highest BCUT2D eigenvalue weighted by Crippen LogP contribution is 2.23. The van der Waals surface area contributed by atoms with E-state index in [1.165, 1.54) is 96.0 Å². The summed E-state index contributed by atoms with van der Waals surface area (Å²) in [5.41, 5.74) is 0. The van der Waals surface area contributed by atoms with Crippen LogP contribution in [0.25, 0.3) is 0 Å². The standard InChI is InChI=1S/C33H66O5Si/c1-5-9-29-36-39(37-30-10-6-2,38-31-11-7-3)32-27-25-23-21-19-17-15-13-12-14-16-18-20-22-24-26-28-35-33(34)8-4/h8H,4-7,9-32H2,1-3H3. The molecule has 0 saturated heterocycles. The van der Waals surface area contributed by atoms with E-state index in [9.17, 15) is 4.79 Å². The highest BCUT2D eigenvalue weighted by Gasteiger charge is 2.40. The first-order valence-corrected chi connectivity index (χ1v) is 18.8. The van der Waals surface area contributed by atoms with Gasteiger partial charge in [0.05, 0.1) is 6.61 Å². The molecule has 232 valence electrons. The van der Waals surface area contributed by atoms with Crippen molar-refractivity contribution >= 4 is 14.8 Å². The molecule has 0 spiro atoms. The van der Waals surface area contributed by atoms with E-state index in [1.54, 1.807) is 0 Å². The van der Waals surface area contributed by atoms with Crippen molar-refractivity contribution in [2.24, 2.45) is 0 Å². The molecule has 0 aliphatic heterocycles. The fourth-order valence-electron chi connectivity index (χ4n) is 4.61. The Hall–Kier alpha value is -0.693. The average Bonchev–Trinajstić information content (AvgIpc) is 2.94. The van der Waals surface area contributed by atoms with Gasteiger partial charge in [-0.15, -0.1) is 0 Å². The van der Waals surface area contributed by atoms with Gasteiger partial charge >= 0.3 is 14.8 Å². The minimum atomic E-state index is -2.54. The number of ether oxygens (including phenoxy) is 1. The van der Waals surface area contributed by atoms with E-state index in [2.05, 4.69) is 27.4 Å². The van der Waals surface area contributed by atoms with Crippen molar-refractivity contribution in [2.75, 3.05) is 26.4 Å². The van der Waals surface area contributed by atoms with Crippen molar-refractivity contribution in [2.45, 2.75) is 168 Å². The van der Waals surface area contributed by atoms with Crippen LogP contribution in [0.2, 0.25) is 6.04 Å². The third-order valence-corrected chi connectivity index (χ3v) is 10.1. The summed E-state index contributed by atoms with van der Waals surface area (Å²) >= 11 is 0. The van der Waals surface area contributed by atoms with Crippen LogP contribution in [0.15, 0.2) is 12.7 Å². The Bertz CT molecular complexity index is 502. The first-order chi connectivity index (χ1) is 19.1. The number of hydrogen-bond acceptors (Lipinski definition) is 5. The van der Waals surface area contributed by atoms with Crippen LogP contribution < -0.4 is 0 Å². The monoisotopic (exact) mass is 570 g/mol. The van der Waals surface area contributed by atoms with E-state index in [0.717, 1.165) is 77.2 Å². The van der Waals surface area contributed by atoms with Crippen LogP contribution in [0.3, 0.4) is 0 Å². The summed E-state index contributed by atoms with van der Waals surface area (Å²) in [6, 6.07) is 0.981. The highest BCUT2D eigenvalue weighted by atomic mass is 28.4. The lowest BCUT2D eigenvalue weighted by molar-refractivity contribution is -0.137. The zero-order chi connectivity index (χ0) is 28.7. The summed E-state index contributed by atoms with van der Waals surface area (Å²) in [6.07, 6.45) is 28.7. The smallest absolute Gasteiger partial charge is 0.463 e. The molecule has 0 amide bonds. The SMILES string of the molecule is C=CC(=O)OCCCCCCCCCCCCCCCCCC[Si](OCCCC)(OCCCC)OCCCC. The van der Waals surface area contributed by atoms with Crippen LogP contribution in [0.1, 0.15) is 162 Å². The molecule has 0 aliphatic rings. The average molecular weight is 571 g/mol. The Kier molecular flexibility index (Phi) is 29.7. The van der Waals surface area contributed by atoms with E-state index < -0.39 is 8.80 Å². The predicted molar refractivity (Wildman–Crippen MR) is 168 cm³/mol. The van der Waals surface area contributed by atoms with Gasteiger partial charge < -0.3 is 18.0 Å². The molecule has 6 heteroatoms. The molecule has 5 nitrogen and oxygen atoms in total. The second-order valence-electron chi connectivity index (χ2n) is 11.1. The summed E-state index contributed by atoms with van der Waals surface area (Å²) in [6.45, 7) is 12.9. The summed E-state index contributed by atoms with van der Waals surface area (Å²) in [5.74, 6) is -0.307. The molecule has 0 fully saturated rings. The Morgan fingerprint density at radius 1 is 0.513 bits per heavy atom. The third kappa shape index (κ3) is 26.0. The molecular weight excluding hydrogens is 504 g/mol. The van der Waals surface area contributed by atoms with Crippen molar-refractivity contribution < 1.29 is 22.8 Å². The topological polar surface area (TPSA) is 54.0 Å². The maximum atomic E-state index is 11.0. The van der Waals surface area contributed by atoms with Crippen molar-refractivity contribution in [3.8, 4) is 0 Å². The molecule has 0 aliphatic carbocycles. The van der Waals surface area contributed by atoms with Crippen LogP contribution in [0, 0.1) is 0 Å². The molecule has 0 heterocycles. The van der Waals surface area contributed by atoms with Gasteiger partial charge in [-0.1, -0.05) is 137 Å². The predicted octanol–water partition coefficient (Wildman–Crippen LogP) is 10.3. The lowest BCUT2D eigenvalue weighted by Gasteiger charge is -2.30. The first-order valence-electron chi connectivity index (χ1n) is 16.8. The number of esters is 1. The largest absolute Gasteiger partial charge is 0.500 e. The molecule has 0 aromatic heterocycles. The van der Waals surface area contributed by atoms with Crippen LogP contribution in [0.4, 0.5) is 0 Å². The number of carbonyl (C=O) groups excluding carboxylic acids is 1. The van der Waals surface area contributed by atoms with E-state index in [4.69, 9.17) is 18.0 Å². The fourth-order valence-corrected chi connectivity index (χ4v) is 7.34. The lowest BCUT2D eigenvalue weighted by Crippen LogP contribution is -2.46. The minimum Gasteiger partial charge on any atom is -0.463 e. The molecule has 0 saturated carbocycles. The molecule has 0 atom stereocenters. The summed E-state index contributed by atoms with van der Waals surface area (Å²) in [5, 5.41) is 0. The quantitative estimate of drug-likeness (QED) is 0.0348. The van der Waals surface area contributed by atoms with Crippen LogP contribution in [-0.2, 0) is 22.8 Å². The lowest BCUT2D eigenvalue weighted by atomic mass is 10.0. The molecule has 0 radical (unpaired) electrons. The van der Waals surface area contributed by atoms with Crippen LogP contribution in [0.5, 0.6) is 0 Å². The van der Waals surface area contributed by atoms with Gasteiger partial charge in [0.15, 0.2) is 0 Å². The van der Waals surface area contributed by atoms with Gasteiger partial charge in [-0.3, -0.25) is 0 Å². The normalized spacial score (nSPS) is 11.7. The Morgan fingerprint density at radius 3 is 1.18 bits per heavy atom. The first kappa shape index (κ1) is 38.3. The van der Waals surface area contributed by atoms with Crippen LogP contribution in [-0.4, -0.2) is 41.2 Å². The fraction of sp³-hybridized carbons (Fsp3) is 0.909. The van der Waals surface area contributed by atoms with E-state index in [1.807, 2.05) is 0 Å². The number of carbonyl (C=O) groups is 1. The molecule has 39 heavy (non-hydrogen) atoms. The molecule has 0 rings (SSSR count). The van der Waals surface area contributed by atoms with Gasteiger partial charge in [-0.05, 0) is 32.1 Å². The summed E-state index contributed by atoms with van der Waals surface area (Å²) < 4.78 is 24.2.